The van der Waals surface area contributed by atoms with Crippen molar-refractivity contribution < 1.29 is 0 Å². The van der Waals surface area contributed by atoms with Gasteiger partial charge in [0.05, 0.1) is 6.04 Å². The van der Waals surface area contributed by atoms with Crippen molar-refractivity contribution in [1.29, 1.82) is 0 Å². The molecule has 2 heterocycles. The van der Waals surface area contributed by atoms with Gasteiger partial charge in [0, 0.05) is 25.5 Å². The molecule has 1 aromatic heterocycles. The number of piperidine rings is 1. The van der Waals surface area contributed by atoms with Crippen molar-refractivity contribution in [1.82, 2.24) is 14.9 Å². The van der Waals surface area contributed by atoms with Crippen LogP contribution >= 0.6 is 0 Å². The lowest BCUT2D eigenvalue weighted by molar-refractivity contribution is 0.147. The van der Waals surface area contributed by atoms with Crippen LogP contribution in [0.5, 0.6) is 0 Å². The SMILES string of the molecule is NCCN1CCCCC1c1ncc[nH]1. The van der Waals surface area contributed by atoms with Gasteiger partial charge in [-0.2, -0.15) is 0 Å². The van der Waals surface area contributed by atoms with Crippen LogP contribution in [-0.4, -0.2) is 34.5 Å². The zero-order valence-corrected chi connectivity index (χ0v) is 8.45. The van der Waals surface area contributed by atoms with E-state index in [0.717, 1.165) is 25.5 Å². The first-order valence-corrected chi connectivity index (χ1v) is 5.35. The number of hydrogen-bond donors (Lipinski definition) is 2. The second kappa shape index (κ2) is 4.57. The lowest BCUT2D eigenvalue weighted by atomic mass is 10.0. The Hall–Kier alpha value is -0.870. The van der Waals surface area contributed by atoms with E-state index in [1.165, 1.54) is 19.3 Å². The summed E-state index contributed by atoms with van der Waals surface area (Å²) in [6.45, 7) is 2.87. The number of aromatic nitrogens is 2. The predicted octanol–water partition coefficient (Wildman–Crippen LogP) is 0.895. The van der Waals surface area contributed by atoms with Crippen LogP contribution in [0.3, 0.4) is 0 Å². The topological polar surface area (TPSA) is 57.9 Å². The Morgan fingerprint density at radius 3 is 3.21 bits per heavy atom. The molecule has 0 aromatic carbocycles. The van der Waals surface area contributed by atoms with E-state index < -0.39 is 0 Å². The van der Waals surface area contributed by atoms with Crippen molar-refractivity contribution in [3.63, 3.8) is 0 Å². The average Bonchev–Trinajstić information content (AvgIpc) is 2.72. The van der Waals surface area contributed by atoms with E-state index in [-0.39, 0.29) is 0 Å². The Kier molecular flexibility index (Phi) is 3.16. The van der Waals surface area contributed by atoms with Gasteiger partial charge in [0.25, 0.3) is 0 Å². The van der Waals surface area contributed by atoms with Crippen LogP contribution in [0, 0.1) is 0 Å². The second-order valence-electron chi connectivity index (χ2n) is 3.81. The maximum absolute atomic E-state index is 5.60. The van der Waals surface area contributed by atoms with Crippen molar-refractivity contribution in [3.05, 3.63) is 18.2 Å². The van der Waals surface area contributed by atoms with Gasteiger partial charge in [0.2, 0.25) is 0 Å². The molecule has 1 saturated heterocycles. The summed E-state index contributed by atoms with van der Waals surface area (Å²) in [6.07, 6.45) is 7.51. The van der Waals surface area contributed by atoms with E-state index in [1.807, 2.05) is 12.4 Å². The fourth-order valence-electron chi connectivity index (χ4n) is 2.19. The third-order valence-electron chi connectivity index (χ3n) is 2.86. The Labute approximate surface area is 84.5 Å². The minimum atomic E-state index is 0.460. The highest BCUT2D eigenvalue weighted by Gasteiger charge is 2.24. The number of nitrogens with one attached hydrogen (secondary N) is 1. The van der Waals surface area contributed by atoms with Crippen LogP contribution in [0.25, 0.3) is 0 Å². The molecule has 0 aliphatic carbocycles. The smallest absolute Gasteiger partial charge is 0.123 e. The first kappa shape index (κ1) is 9.68. The van der Waals surface area contributed by atoms with Gasteiger partial charge in [0.15, 0.2) is 0 Å². The summed E-state index contributed by atoms with van der Waals surface area (Å²) < 4.78 is 0. The summed E-state index contributed by atoms with van der Waals surface area (Å²) in [5.41, 5.74) is 5.60. The Bertz CT molecular complexity index is 255. The molecule has 4 nitrogen and oxygen atoms in total. The normalized spacial score (nSPS) is 23.9. The van der Waals surface area contributed by atoms with E-state index >= 15 is 0 Å². The lowest BCUT2D eigenvalue weighted by Crippen LogP contribution is -2.37. The van der Waals surface area contributed by atoms with Crippen molar-refractivity contribution in [2.24, 2.45) is 5.73 Å². The predicted molar refractivity (Wildman–Crippen MR) is 55.8 cm³/mol. The highest BCUT2D eigenvalue weighted by Crippen LogP contribution is 2.27. The monoisotopic (exact) mass is 194 g/mol. The minimum absolute atomic E-state index is 0.460. The Balaban J connectivity index is 2.06. The standard InChI is InChI=1S/C10H18N4/c11-4-8-14-7-2-1-3-9(14)10-12-5-6-13-10/h5-6,9H,1-4,7-8,11H2,(H,12,13). The molecule has 0 bridgehead atoms. The molecule has 0 radical (unpaired) electrons. The van der Waals surface area contributed by atoms with Gasteiger partial charge in [0.1, 0.15) is 5.82 Å². The van der Waals surface area contributed by atoms with E-state index in [1.54, 1.807) is 0 Å². The molecule has 0 saturated carbocycles. The molecular weight excluding hydrogens is 176 g/mol. The molecule has 3 N–H and O–H groups in total. The van der Waals surface area contributed by atoms with Crippen LogP contribution in [-0.2, 0) is 0 Å². The Morgan fingerprint density at radius 1 is 1.57 bits per heavy atom. The molecule has 0 spiro atoms. The molecular formula is C10H18N4. The molecule has 78 valence electrons. The third kappa shape index (κ3) is 1.96. The first-order valence-electron chi connectivity index (χ1n) is 5.35. The van der Waals surface area contributed by atoms with Gasteiger partial charge >= 0.3 is 0 Å². The third-order valence-corrected chi connectivity index (χ3v) is 2.86. The molecule has 14 heavy (non-hydrogen) atoms. The molecule has 2 rings (SSSR count). The van der Waals surface area contributed by atoms with Gasteiger partial charge < -0.3 is 10.7 Å². The average molecular weight is 194 g/mol. The van der Waals surface area contributed by atoms with Crippen LogP contribution in [0.4, 0.5) is 0 Å². The quantitative estimate of drug-likeness (QED) is 0.751. The summed E-state index contributed by atoms with van der Waals surface area (Å²) in [5, 5.41) is 0. The van der Waals surface area contributed by atoms with Gasteiger partial charge in [-0.05, 0) is 19.4 Å². The number of hydrogen-bond acceptors (Lipinski definition) is 3. The molecule has 1 aromatic rings. The fraction of sp³-hybridized carbons (Fsp3) is 0.700. The number of nitrogens with two attached hydrogens (primary N) is 1. The van der Waals surface area contributed by atoms with E-state index in [0.29, 0.717) is 6.04 Å². The number of nitrogens with zero attached hydrogens (tertiary/aromatic N) is 2. The zero-order valence-electron chi connectivity index (χ0n) is 8.45. The summed E-state index contributed by atoms with van der Waals surface area (Å²) in [7, 11) is 0. The second-order valence-corrected chi connectivity index (χ2v) is 3.81. The van der Waals surface area contributed by atoms with Gasteiger partial charge in [-0.3, -0.25) is 4.90 Å². The van der Waals surface area contributed by atoms with E-state index in [2.05, 4.69) is 14.9 Å². The van der Waals surface area contributed by atoms with E-state index in [9.17, 15) is 0 Å². The van der Waals surface area contributed by atoms with Gasteiger partial charge in [-0.15, -0.1) is 0 Å². The van der Waals surface area contributed by atoms with Crippen LogP contribution in [0.15, 0.2) is 12.4 Å². The molecule has 1 unspecified atom stereocenters. The molecule has 1 fully saturated rings. The van der Waals surface area contributed by atoms with Crippen molar-refractivity contribution in [3.8, 4) is 0 Å². The number of likely N-dealkylation sites (tertiary alicyclic amines) is 1. The van der Waals surface area contributed by atoms with Crippen molar-refractivity contribution in [2.45, 2.75) is 25.3 Å². The highest BCUT2D eigenvalue weighted by molar-refractivity contribution is 4.98. The molecule has 1 atom stereocenters. The number of imidazole rings is 1. The zero-order chi connectivity index (χ0) is 9.80. The lowest BCUT2D eigenvalue weighted by Gasteiger charge is -2.34. The van der Waals surface area contributed by atoms with Crippen molar-refractivity contribution in [2.75, 3.05) is 19.6 Å². The number of rotatable bonds is 3. The highest BCUT2D eigenvalue weighted by atomic mass is 15.2. The van der Waals surface area contributed by atoms with Crippen LogP contribution in [0.1, 0.15) is 31.1 Å². The molecule has 1 aliphatic heterocycles. The molecule has 0 amide bonds. The van der Waals surface area contributed by atoms with E-state index in [4.69, 9.17) is 5.73 Å². The Morgan fingerprint density at radius 2 is 2.50 bits per heavy atom. The van der Waals surface area contributed by atoms with Gasteiger partial charge in [-0.1, -0.05) is 6.42 Å². The van der Waals surface area contributed by atoms with Gasteiger partial charge in [-0.25, -0.2) is 4.98 Å². The maximum Gasteiger partial charge on any atom is 0.123 e. The summed E-state index contributed by atoms with van der Waals surface area (Å²) in [6, 6.07) is 0.460. The molecule has 4 heteroatoms. The summed E-state index contributed by atoms with van der Waals surface area (Å²) >= 11 is 0. The maximum atomic E-state index is 5.60. The first-order chi connectivity index (χ1) is 6.92. The van der Waals surface area contributed by atoms with Crippen LogP contribution < -0.4 is 5.73 Å². The summed E-state index contributed by atoms with van der Waals surface area (Å²) in [5.74, 6) is 1.10. The largest absolute Gasteiger partial charge is 0.347 e. The minimum Gasteiger partial charge on any atom is -0.347 e. The number of aromatic amines is 1. The number of H-pyrrole nitrogens is 1. The van der Waals surface area contributed by atoms with Crippen molar-refractivity contribution >= 4 is 0 Å². The van der Waals surface area contributed by atoms with Crippen LogP contribution in [0.2, 0.25) is 0 Å². The molecule has 1 aliphatic rings. The fourth-order valence-corrected chi connectivity index (χ4v) is 2.19. The summed E-state index contributed by atoms with van der Waals surface area (Å²) in [4.78, 5) is 9.97.